The first-order chi connectivity index (χ1) is 11.4. The topological polar surface area (TPSA) is 139 Å². The van der Waals surface area contributed by atoms with Gasteiger partial charge in [-0.05, 0) is 30.3 Å². The second-order valence-corrected chi connectivity index (χ2v) is 4.77. The number of benzene rings is 2. The molecule has 0 fully saturated rings. The fourth-order valence-corrected chi connectivity index (χ4v) is 1.91. The van der Waals surface area contributed by atoms with Crippen LogP contribution >= 0.6 is 0 Å². The average molecular weight is 329 g/mol. The first-order valence-electron chi connectivity index (χ1n) is 6.85. The van der Waals surface area contributed by atoms with E-state index in [0.717, 1.165) is 6.07 Å². The molecule has 3 amide bonds. The molecule has 0 spiro atoms. The summed E-state index contributed by atoms with van der Waals surface area (Å²) < 4.78 is 0. The zero-order valence-corrected chi connectivity index (χ0v) is 12.7. The van der Waals surface area contributed by atoms with E-state index in [4.69, 9.17) is 5.73 Å². The van der Waals surface area contributed by atoms with Gasteiger partial charge in [-0.2, -0.15) is 0 Å². The van der Waals surface area contributed by atoms with Gasteiger partial charge in [0.15, 0.2) is 0 Å². The van der Waals surface area contributed by atoms with Crippen molar-refractivity contribution in [1.29, 1.82) is 0 Å². The quantitative estimate of drug-likeness (QED) is 0.387. The molecule has 2 aromatic carbocycles. The minimum Gasteiger partial charge on any atom is -0.393 e. The van der Waals surface area contributed by atoms with Crippen molar-refractivity contribution in [2.45, 2.75) is 0 Å². The van der Waals surface area contributed by atoms with Crippen LogP contribution in [0.25, 0.3) is 0 Å². The van der Waals surface area contributed by atoms with Crippen molar-refractivity contribution in [1.82, 2.24) is 5.32 Å². The number of nitrogens with zero attached hydrogens (tertiary/aromatic N) is 1. The summed E-state index contributed by atoms with van der Waals surface area (Å²) in [5.41, 5.74) is 6.15. The highest BCUT2D eigenvalue weighted by Crippen LogP contribution is 2.23. The van der Waals surface area contributed by atoms with E-state index in [0.29, 0.717) is 11.4 Å². The predicted octanol–water partition coefficient (Wildman–Crippen LogP) is 2.18. The normalized spacial score (nSPS) is 9.88. The van der Waals surface area contributed by atoms with Crippen LogP contribution in [0.3, 0.4) is 0 Å². The molecule has 0 saturated carbocycles. The van der Waals surface area contributed by atoms with Gasteiger partial charge in [-0.3, -0.25) is 14.9 Å². The molecule has 0 saturated heterocycles. The summed E-state index contributed by atoms with van der Waals surface area (Å²) >= 11 is 0. The van der Waals surface area contributed by atoms with Crippen LogP contribution in [0.1, 0.15) is 10.4 Å². The van der Waals surface area contributed by atoms with Gasteiger partial charge in [0.05, 0.1) is 4.92 Å². The summed E-state index contributed by atoms with van der Waals surface area (Å²) in [5, 5.41) is 18.5. The largest absolute Gasteiger partial charge is 0.393 e. The number of amides is 3. The van der Waals surface area contributed by atoms with Crippen LogP contribution in [-0.2, 0) is 0 Å². The van der Waals surface area contributed by atoms with Gasteiger partial charge >= 0.3 is 6.03 Å². The smallest absolute Gasteiger partial charge is 0.318 e. The van der Waals surface area contributed by atoms with Crippen LogP contribution in [0.2, 0.25) is 0 Å². The van der Waals surface area contributed by atoms with E-state index in [-0.39, 0.29) is 16.9 Å². The monoisotopic (exact) mass is 329 g/mol. The van der Waals surface area contributed by atoms with Crippen molar-refractivity contribution in [3.8, 4) is 0 Å². The lowest BCUT2D eigenvalue weighted by atomic mass is 10.1. The van der Waals surface area contributed by atoms with Gasteiger partial charge in [-0.15, -0.1) is 0 Å². The maximum Gasteiger partial charge on any atom is 0.318 e. The first kappa shape index (κ1) is 16.7. The summed E-state index contributed by atoms with van der Waals surface area (Å²) in [7, 11) is 1.48. The molecule has 0 radical (unpaired) electrons. The molecule has 2 rings (SSSR count). The summed E-state index contributed by atoms with van der Waals surface area (Å²) in [6.07, 6.45) is 0. The first-order valence-corrected chi connectivity index (χ1v) is 6.85. The van der Waals surface area contributed by atoms with E-state index in [9.17, 15) is 19.7 Å². The van der Waals surface area contributed by atoms with Crippen LogP contribution in [0, 0.1) is 10.1 Å². The van der Waals surface area contributed by atoms with Crippen molar-refractivity contribution < 1.29 is 14.5 Å². The summed E-state index contributed by atoms with van der Waals surface area (Å²) in [5.74, 6) is -0.532. The second kappa shape index (κ2) is 7.09. The Morgan fingerprint density at radius 1 is 1.08 bits per heavy atom. The third-order valence-electron chi connectivity index (χ3n) is 3.09. The Bertz CT molecular complexity index is 806. The molecule has 0 aliphatic carbocycles. The third-order valence-corrected chi connectivity index (χ3v) is 3.09. The Hall–Kier alpha value is -3.62. The number of carbonyl (C=O) groups excluding carboxylic acids is 2. The summed E-state index contributed by atoms with van der Waals surface area (Å²) in [6, 6.07) is 9.88. The van der Waals surface area contributed by atoms with E-state index in [1.165, 1.54) is 19.2 Å². The lowest BCUT2D eigenvalue weighted by Gasteiger charge is -2.09. The molecule has 0 heterocycles. The van der Waals surface area contributed by atoms with Crippen LogP contribution in [0.4, 0.5) is 27.5 Å². The van der Waals surface area contributed by atoms with Crippen molar-refractivity contribution in [3.05, 3.63) is 58.1 Å². The van der Waals surface area contributed by atoms with Crippen molar-refractivity contribution >= 4 is 34.7 Å². The highest BCUT2D eigenvalue weighted by molar-refractivity contribution is 6.05. The fourth-order valence-electron chi connectivity index (χ4n) is 1.91. The Balaban J connectivity index is 2.18. The molecular formula is C15H15N5O4. The standard InChI is InChI=1S/C15H15N5O4/c1-17-15(22)19-11-4-2-3-10(8-11)18-14(21)9-5-6-12(16)13(7-9)20(23)24/h2-8H,16H2,1H3,(H,18,21)(H2,17,19,22). The maximum atomic E-state index is 12.2. The zero-order chi connectivity index (χ0) is 17.7. The lowest BCUT2D eigenvalue weighted by Crippen LogP contribution is -2.24. The molecule has 0 aromatic heterocycles. The second-order valence-electron chi connectivity index (χ2n) is 4.77. The fraction of sp³-hybridized carbons (Fsp3) is 0.0667. The SMILES string of the molecule is CNC(=O)Nc1cccc(NC(=O)c2ccc(N)c([N+](=O)[O-])c2)c1. The van der Waals surface area contributed by atoms with Crippen LogP contribution in [0.5, 0.6) is 0 Å². The highest BCUT2D eigenvalue weighted by Gasteiger charge is 2.16. The number of nitrogens with two attached hydrogens (primary N) is 1. The Morgan fingerprint density at radius 2 is 1.75 bits per heavy atom. The Labute approximate surface area is 137 Å². The molecule has 0 aliphatic heterocycles. The van der Waals surface area contributed by atoms with Crippen LogP contribution in [-0.4, -0.2) is 23.9 Å². The van der Waals surface area contributed by atoms with Crippen LogP contribution in [0.15, 0.2) is 42.5 Å². The minimum absolute atomic E-state index is 0.0201. The molecule has 5 N–H and O–H groups in total. The molecular weight excluding hydrogens is 314 g/mol. The van der Waals surface area contributed by atoms with E-state index in [2.05, 4.69) is 16.0 Å². The number of hydrogen-bond acceptors (Lipinski definition) is 5. The number of nitro benzene ring substituents is 1. The average Bonchev–Trinajstić information content (AvgIpc) is 2.55. The Kier molecular flexibility index (Phi) is 4.95. The van der Waals surface area contributed by atoms with E-state index in [1.54, 1.807) is 24.3 Å². The van der Waals surface area contributed by atoms with Gasteiger partial charge in [0.25, 0.3) is 11.6 Å². The maximum absolute atomic E-state index is 12.2. The van der Waals surface area contributed by atoms with Gasteiger partial charge in [0, 0.05) is 30.1 Å². The van der Waals surface area contributed by atoms with E-state index in [1.807, 2.05) is 0 Å². The molecule has 24 heavy (non-hydrogen) atoms. The summed E-state index contributed by atoms with van der Waals surface area (Å²) in [4.78, 5) is 33.7. The number of hydrogen-bond donors (Lipinski definition) is 4. The summed E-state index contributed by atoms with van der Waals surface area (Å²) in [6.45, 7) is 0. The molecule has 124 valence electrons. The molecule has 9 heteroatoms. The zero-order valence-electron chi connectivity index (χ0n) is 12.7. The van der Waals surface area contributed by atoms with Gasteiger partial charge < -0.3 is 21.7 Å². The van der Waals surface area contributed by atoms with Crippen molar-refractivity contribution in [2.24, 2.45) is 0 Å². The van der Waals surface area contributed by atoms with Crippen LogP contribution < -0.4 is 21.7 Å². The van der Waals surface area contributed by atoms with Gasteiger partial charge in [0.2, 0.25) is 0 Å². The van der Waals surface area contributed by atoms with E-state index >= 15 is 0 Å². The van der Waals surface area contributed by atoms with Gasteiger partial charge in [0.1, 0.15) is 5.69 Å². The van der Waals surface area contributed by atoms with Gasteiger partial charge in [-0.1, -0.05) is 6.07 Å². The number of rotatable bonds is 4. The predicted molar refractivity (Wildman–Crippen MR) is 90.0 cm³/mol. The molecule has 0 atom stereocenters. The number of nitrogen functional groups attached to an aromatic ring is 1. The third kappa shape index (κ3) is 3.97. The number of urea groups is 1. The van der Waals surface area contributed by atoms with Crippen molar-refractivity contribution in [2.75, 3.05) is 23.4 Å². The molecule has 9 nitrogen and oxygen atoms in total. The van der Waals surface area contributed by atoms with Crippen molar-refractivity contribution in [3.63, 3.8) is 0 Å². The van der Waals surface area contributed by atoms with Gasteiger partial charge in [-0.25, -0.2) is 4.79 Å². The minimum atomic E-state index is -0.653. The highest BCUT2D eigenvalue weighted by atomic mass is 16.6. The molecule has 0 unspecified atom stereocenters. The number of nitrogens with one attached hydrogen (secondary N) is 3. The lowest BCUT2D eigenvalue weighted by molar-refractivity contribution is -0.383. The van der Waals surface area contributed by atoms with E-state index < -0.39 is 16.9 Å². The molecule has 0 bridgehead atoms. The molecule has 2 aromatic rings. The number of nitro groups is 1. The number of carbonyl (C=O) groups is 2. The molecule has 0 aliphatic rings. The number of anilines is 3. The Morgan fingerprint density at radius 3 is 2.38 bits per heavy atom.